The summed E-state index contributed by atoms with van der Waals surface area (Å²) in [5, 5.41) is 18.4. The quantitative estimate of drug-likeness (QED) is 0.808. The van der Waals surface area contributed by atoms with E-state index in [-0.39, 0.29) is 23.2 Å². The van der Waals surface area contributed by atoms with Crippen LogP contribution in [0.5, 0.6) is 5.75 Å². The van der Waals surface area contributed by atoms with Crippen molar-refractivity contribution in [3.05, 3.63) is 23.8 Å². The van der Waals surface area contributed by atoms with Gasteiger partial charge in [-0.15, -0.1) is 0 Å². The molecule has 2 N–H and O–H groups in total. The van der Waals surface area contributed by atoms with Gasteiger partial charge in [-0.3, -0.25) is 0 Å². The van der Waals surface area contributed by atoms with Gasteiger partial charge in [-0.25, -0.2) is 8.42 Å². The summed E-state index contributed by atoms with van der Waals surface area (Å²) in [5.74, 6) is -0.282. The van der Waals surface area contributed by atoms with Gasteiger partial charge in [0.25, 0.3) is 0 Å². The number of sulfone groups is 1. The third-order valence-corrected chi connectivity index (χ3v) is 3.34. The van der Waals surface area contributed by atoms with Gasteiger partial charge < -0.3 is 10.2 Å². The molecule has 5 heteroatoms. The Morgan fingerprint density at radius 1 is 1.40 bits per heavy atom. The molecule has 0 spiro atoms. The van der Waals surface area contributed by atoms with Crippen molar-refractivity contribution in [3.8, 4) is 5.75 Å². The highest BCUT2D eigenvalue weighted by Gasteiger charge is 2.14. The molecule has 1 aromatic rings. The van der Waals surface area contributed by atoms with E-state index < -0.39 is 9.84 Å². The third kappa shape index (κ3) is 2.70. The van der Waals surface area contributed by atoms with E-state index in [1.54, 1.807) is 6.92 Å². The molecule has 0 aromatic heterocycles. The van der Waals surface area contributed by atoms with E-state index in [1.807, 2.05) is 0 Å². The highest BCUT2D eigenvalue weighted by atomic mass is 32.2. The SMILES string of the molecule is CC(CO)c1cc(S(C)(=O)=O)ccc1O. The highest BCUT2D eigenvalue weighted by Crippen LogP contribution is 2.27. The molecule has 1 aromatic carbocycles. The lowest BCUT2D eigenvalue weighted by Gasteiger charge is -2.11. The lowest BCUT2D eigenvalue weighted by molar-refractivity contribution is 0.270. The summed E-state index contributed by atoms with van der Waals surface area (Å²) in [6, 6.07) is 4.07. The van der Waals surface area contributed by atoms with Crippen LogP contribution in [0.3, 0.4) is 0 Å². The molecule has 0 saturated heterocycles. The Balaban J connectivity index is 3.29. The molecule has 0 bridgehead atoms. The lowest BCUT2D eigenvalue weighted by atomic mass is 10.0. The molecule has 0 fully saturated rings. The Morgan fingerprint density at radius 3 is 2.47 bits per heavy atom. The number of aliphatic hydroxyl groups is 1. The van der Waals surface area contributed by atoms with Crippen LogP contribution in [0.1, 0.15) is 18.4 Å². The van der Waals surface area contributed by atoms with Crippen LogP contribution in [0.15, 0.2) is 23.1 Å². The topological polar surface area (TPSA) is 74.6 Å². The fourth-order valence-corrected chi connectivity index (χ4v) is 1.91. The predicted octanol–water partition coefficient (Wildman–Crippen LogP) is 0.891. The second kappa shape index (κ2) is 4.20. The molecule has 84 valence electrons. The molecule has 0 amide bonds. The zero-order valence-electron chi connectivity index (χ0n) is 8.64. The van der Waals surface area contributed by atoms with Gasteiger partial charge in [0, 0.05) is 24.3 Å². The maximum Gasteiger partial charge on any atom is 0.175 e. The van der Waals surface area contributed by atoms with Crippen molar-refractivity contribution in [1.82, 2.24) is 0 Å². The van der Waals surface area contributed by atoms with E-state index in [0.29, 0.717) is 5.56 Å². The number of hydrogen-bond donors (Lipinski definition) is 2. The Kier molecular flexibility index (Phi) is 3.36. The van der Waals surface area contributed by atoms with Gasteiger partial charge in [-0.05, 0) is 18.2 Å². The molecular formula is C10H14O4S. The van der Waals surface area contributed by atoms with Gasteiger partial charge in [-0.2, -0.15) is 0 Å². The molecule has 0 aliphatic carbocycles. The number of benzene rings is 1. The fraction of sp³-hybridized carbons (Fsp3) is 0.400. The fourth-order valence-electron chi connectivity index (χ4n) is 1.26. The van der Waals surface area contributed by atoms with Gasteiger partial charge >= 0.3 is 0 Å². The number of phenolic OH excluding ortho intramolecular Hbond substituents is 1. The first-order valence-corrected chi connectivity index (χ1v) is 6.39. The van der Waals surface area contributed by atoms with Crippen molar-refractivity contribution in [2.45, 2.75) is 17.7 Å². The lowest BCUT2D eigenvalue weighted by Crippen LogP contribution is -2.03. The van der Waals surface area contributed by atoms with Crippen LogP contribution in [-0.4, -0.2) is 31.5 Å². The van der Waals surface area contributed by atoms with Gasteiger partial charge in [-0.1, -0.05) is 6.92 Å². The zero-order valence-corrected chi connectivity index (χ0v) is 9.45. The maximum absolute atomic E-state index is 11.3. The van der Waals surface area contributed by atoms with E-state index >= 15 is 0 Å². The van der Waals surface area contributed by atoms with Crippen molar-refractivity contribution in [3.63, 3.8) is 0 Å². The highest BCUT2D eigenvalue weighted by molar-refractivity contribution is 7.90. The number of rotatable bonds is 3. The van der Waals surface area contributed by atoms with E-state index in [4.69, 9.17) is 5.11 Å². The second-order valence-electron chi connectivity index (χ2n) is 3.58. The van der Waals surface area contributed by atoms with E-state index in [9.17, 15) is 13.5 Å². The van der Waals surface area contributed by atoms with Gasteiger partial charge in [0.05, 0.1) is 4.90 Å². The van der Waals surface area contributed by atoms with Crippen molar-refractivity contribution in [2.24, 2.45) is 0 Å². The minimum absolute atomic E-state index is 0.00366. The molecule has 1 rings (SSSR count). The minimum Gasteiger partial charge on any atom is -0.508 e. The normalized spacial score (nSPS) is 13.8. The molecule has 4 nitrogen and oxygen atoms in total. The predicted molar refractivity (Wildman–Crippen MR) is 56.7 cm³/mol. The number of aromatic hydroxyl groups is 1. The summed E-state index contributed by atoms with van der Waals surface area (Å²) in [4.78, 5) is 0.149. The van der Waals surface area contributed by atoms with E-state index in [1.165, 1.54) is 18.2 Å². The summed E-state index contributed by atoms with van der Waals surface area (Å²) in [7, 11) is -3.28. The standard InChI is InChI=1S/C10H14O4S/c1-7(6-11)9-5-8(15(2,13)14)3-4-10(9)12/h3-5,7,11-12H,6H2,1-2H3. The summed E-state index contributed by atoms with van der Waals surface area (Å²) in [6.45, 7) is 1.57. The summed E-state index contributed by atoms with van der Waals surface area (Å²) in [5.41, 5.74) is 0.445. The van der Waals surface area contributed by atoms with Crippen LogP contribution in [0.25, 0.3) is 0 Å². The molecule has 1 unspecified atom stereocenters. The largest absolute Gasteiger partial charge is 0.508 e. The Morgan fingerprint density at radius 2 is 2.00 bits per heavy atom. The van der Waals surface area contributed by atoms with Crippen molar-refractivity contribution in [1.29, 1.82) is 0 Å². The first kappa shape index (κ1) is 12.0. The maximum atomic E-state index is 11.3. The van der Waals surface area contributed by atoms with Crippen LogP contribution in [-0.2, 0) is 9.84 Å². The summed E-state index contributed by atoms with van der Waals surface area (Å²) < 4.78 is 22.5. The average molecular weight is 230 g/mol. The second-order valence-corrected chi connectivity index (χ2v) is 5.59. The van der Waals surface area contributed by atoms with Crippen molar-refractivity contribution in [2.75, 3.05) is 12.9 Å². The molecule has 0 aliphatic rings. The van der Waals surface area contributed by atoms with E-state index in [0.717, 1.165) is 6.26 Å². The van der Waals surface area contributed by atoms with Crippen molar-refractivity contribution < 1.29 is 18.6 Å². The molecular weight excluding hydrogens is 216 g/mol. The number of aliphatic hydroxyl groups excluding tert-OH is 1. The first-order valence-electron chi connectivity index (χ1n) is 4.50. The van der Waals surface area contributed by atoms with Crippen LogP contribution in [0.4, 0.5) is 0 Å². The number of hydrogen-bond acceptors (Lipinski definition) is 4. The monoisotopic (exact) mass is 230 g/mol. The average Bonchev–Trinajstić information content (AvgIpc) is 2.15. The summed E-state index contributed by atoms with van der Waals surface area (Å²) >= 11 is 0. The molecule has 0 aliphatic heterocycles. The Hall–Kier alpha value is -1.07. The summed E-state index contributed by atoms with van der Waals surface area (Å²) in [6.07, 6.45) is 1.10. The number of phenols is 1. The van der Waals surface area contributed by atoms with Crippen LogP contribution >= 0.6 is 0 Å². The van der Waals surface area contributed by atoms with E-state index in [2.05, 4.69) is 0 Å². The van der Waals surface area contributed by atoms with Gasteiger partial charge in [0.15, 0.2) is 9.84 Å². The zero-order chi connectivity index (χ0) is 11.6. The van der Waals surface area contributed by atoms with Gasteiger partial charge in [0.2, 0.25) is 0 Å². The van der Waals surface area contributed by atoms with Crippen molar-refractivity contribution >= 4 is 9.84 Å². The minimum atomic E-state index is -3.28. The molecule has 15 heavy (non-hydrogen) atoms. The Bertz CT molecular complexity index is 450. The Labute approximate surface area is 89.1 Å². The van der Waals surface area contributed by atoms with Crippen LogP contribution < -0.4 is 0 Å². The third-order valence-electron chi connectivity index (χ3n) is 2.23. The molecule has 0 heterocycles. The molecule has 0 radical (unpaired) electrons. The molecule has 1 atom stereocenters. The molecule has 0 saturated carbocycles. The van der Waals surface area contributed by atoms with Crippen LogP contribution in [0, 0.1) is 0 Å². The first-order chi connectivity index (χ1) is 6.86. The van der Waals surface area contributed by atoms with Gasteiger partial charge in [0.1, 0.15) is 5.75 Å². The van der Waals surface area contributed by atoms with Crippen LogP contribution in [0.2, 0.25) is 0 Å². The smallest absolute Gasteiger partial charge is 0.175 e.